The molecule has 1 aliphatic rings. The molecule has 0 aromatic carbocycles. The van der Waals surface area contributed by atoms with Crippen molar-refractivity contribution in [2.75, 3.05) is 0 Å². The predicted octanol–water partition coefficient (Wildman–Crippen LogP) is 1.44. The Morgan fingerprint density at radius 3 is 3.00 bits per heavy atom. The van der Waals surface area contributed by atoms with Crippen LogP contribution in [0.1, 0.15) is 32.1 Å². The van der Waals surface area contributed by atoms with Crippen LogP contribution >= 0.6 is 0 Å². The highest BCUT2D eigenvalue weighted by Crippen LogP contribution is 2.20. The second kappa shape index (κ2) is 4.29. The normalized spacial score (nSPS) is 20.6. The van der Waals surface area contributed by atoms with Crippen molar-refractivity contribution in [1.29, 1.82) is 0 Å². The first kappa shape index (κ1) is 8.47. The van der Waals surface area contributed by atoms with E-state index in [0.717, 1.165) is 12.8 Å². The van der Waals surface area contributed by atoms with Gasteiger partial charge in [0.25, 0.3) is 0 Å². The molecule has 2 heteroatoms. The van der Waals surface area contributed by atoms with Crippen LogP contribution in [0.15, 0.2) is 11.6 Å². The number of carbonyl (C=O) groups is 1. The van der Waals surface area contributed by atoms with Gasteiger partial charge in [-0.1, -0.05) is 11.6 Å². The molecule has 0 spiro atoms. The summed E-state index contributed by atoms with van der Waals surface area (Å²) in [5.41, 5.74) is 1.25. The Bertz CT molecular complexity index is 161. The van der Waals surface area contributed by atoms with E-state index in [2.05, 4.69) is 6.08 Å². The van der Waals surface area contributed by atoms with Crippen LogP contribution in [0.4, 0.5) is 0 Å². The fourth-order valence-electron chi connectivity index (χ4n) is 1.41. The van der Waals surface area contributed by atoms with Crippen LogP contribution in [0.5, 0.6) is 0 Å². The maximum Gasteiger partial charge on any atom is 0.148 e. The monoisotopic (exact) mass is 154 g/mol. The van der Waals surface area contributed by atoms with E-state index in [0.29, 0.717) is 12.7 Å². The third kappa shape index (κ3) is 2.85. The summed E-state index contributed by atoms with van der Waals surface area (Å²) >= 11 is 0. The second-order valence-corrected chi connectivity index (χ2v) is 3.02. The van der Waals surface area contributed by atoms with Crippen molar-refractivity contribution in [3.8, 4) is 0 Å². The fourth-order valence-corrected chi connectivity index (χ4v) is 1.41. The molecule has 0 saturated carbocycles. The summed E-state index contributed by atoms with van der Waals surface area (Å²) in [7, 11) is 0. The quantitative estimate of drug-likeness (QED) is 0.493. The smallest absolute Gasteiger partial charge is 0.148 e. The molecule has 11 heavy (non-hydrogen) atoms. The summed E-state index contributed by atoms with van der Waals surface area (Å²) in [6.45, 7) is 0. The van der Waals surface area contributed by atoms with Crippen LogP contribution in [-0.4, -0.2) is 17.5 Å². The number of aliphatic hydroxyl groups excluding tert-OH is 1. The molecule has 0 aromatic rings. The third-order valence-corrected chi connectivity index (χ3v) is 2.01. The SMILES string of the molecule is O=CC(O)CC1=CCCCC1. The molecule has 0 fully saturated rings. The molecule has 62 valence electrons. The minimum absolute atomic E-state index is 0.545. The van der Waals surface area contributed by atoms with Gasteiger partial charge in [-0.15, -0.1) is 0 Å². The molecule has 0 heterocycles. The fraction of sp³-hybridized carbons (Fsp3) is 0.667. The molecule has 0 aromatic heterocycles. The highest BCUT2D eigenvalue weighted by molar-refractivity contribution is 5.56. The molecular formula is C9H14O2. The predicted molar refractivity (Wildman–Crippen MR) is 43.2 cm³/mol. The minimum Gasteiger partial charge on any atom is -0.385 e. The van der Waals surface area contributed by atoms with Gasteiger partial charge < -0.3 is 9.90 Å². The molecule has 0 bridgehead atoms. The van der Waals surface area contributed by atoms with Gasteiger partial charge in [-0.3, -0.25) is 0 Å². The largest absolute Gasteiger partial charge is 0.385 e. The Labute approximate surface area is 66.9 Å². The summed E-state index contributed by atoms with van der Waals surface area (Å²) < 4.78 is 0. The Kier molecular flexibility index (Phi) is 3.30. The lowest BCUT2D eigenvalue weighted by molar-refractivity contribution is -0.114. The number of aldehydes is 1. The van der Waals surface area contributed by atoms with Crippen molar-refractivity contribution in [3.05, 3.63) is 11.6 Å². The van der Waals surface area contributed by atoms with Gasteiger partial charge in [-0.05, 0) is 25.7 Å². The molecule has 1 N–H and O–H groups in total. The molecule has 1 aliphatic carbocycles. The van der Waals surface area contributed by atoms with Crippen molar-refractivity contribution in [2.45, 2.75) is 38.2 Å². The van der Waals surface area contributed by atoms with E-state index in [1.807, 2.05) is 0 Å². The zero-order valence-electron chi connectivity index (χ0n) is 6.62. The molecule has 1 unspecified atom stereocenters. The van der Waals surface area contributed by atoms with Gasteiger partial charge in [-0.25, -0.2) is 0 Å². The summed E-state index contributed by atoms with van der Waals surface area (Å²) in [6.07, 6.45) is 7.15. The van der Waals surface area contributed by atoms with Crippen LogP contribution < -0.4 is 0 Å². The Hall–Kier alpha value is -0.630. The lowest BCUT2D eigenvalue weighted by Gasteiger charge is -2.12. The molecule has 0 amide bonds. The lowest BCUT2D eigenvalue weighted by Crippen LogP contribution is -2.09. The standard InChI is InChI=1S/C9H14O2/c10-7-9(11)6-8-4-2-1-3-5-8/h4,7,9,11H,1-3,5-6H2. The minimum atomic E-state index is -0.778. The highest BCUT2D eigenvalue weighted by atomic mass is 16.3. The third-order valence-electron chi connectivity index (χ3n) is 2.01. The van der Waals surface area contributed by atoms with Gasteiger partial charge in [0.2, 0.25) is 0 Å². The second-order valence-electron chi connectivity index (χ2n) is 3.02. The van der Waals surface area contributed by atoms with E-state index < -0.39 is 6.10 Å². The Morgan fingerprint density at radius 1 is 1.64 bits per heavy atom. The number of aliphatic hydroxyl groups is 1. The number of hydrogen-bond donors (Lipinski definition) is 1. The van der Waals surface area contributed by atoms with E-state index in [-0.39, 0.29) is 0 Å². The van der Waals surface area contributed by atoms with Crippen LogP contribution in [0, 0.1) is 0 Å². The molecule has 0 aliphatic heterocycles. The first-order valence-electron chi connectivity index (χ1n) is 4.14. The summed E-state index contributed by atoms with van der Waals surface area (Å²) in [6, 6.07) is 0. The topological polar surface area (TPSA) is 37.3 Å². The van der Waals surface area contributed by atoms with Crippen molar-refractivity contribution < 1.29 is 9.90 Å². The lowest BCUT2D eigenvalue weighted by atomic mass is 9.95. The molecule has 1 rings (SSSR count). The first-order chi connectivity index (χ1) is 5.33. The van der Waals surface area contributed by atoms with E-state index in [9.17, 15) is 4.79 Å². The van der Waals surface area contributed by atoms with E-state index in [4.69, 9.17) is 5.11 Å². The van der Waals surface area contributed by atoms with Gasteiger partial charge in [0.1, 0.15) is 12.4 Å². The summed E-state index contributed by atoms with van der Waals surface area (Å²) in [5, 5.41) is 9.00. The van der Waals surface area contributed by atoms with Gasteiger partial charge in [0.05, 0.1) is 0 Å². The Balaban J connectivity index is 2.34. The zero-order valence-corrected chi connectivity index (χ0v) is 6.62. The highest BCUT2D eigenvalue weighted by Gasteiger charge is 2.08. The molecule has 2 nitrogen and oxygen atoms in total. The average Bonchev–Trinajstić information content (AvgIpc) is 2.06. The van der Waals surface area contributed by atoms with Gasteiger partial charge >= 0.3 is 0 Å². The van der Waals surface area contributed by atoms with E-state index >= 15 is 0 Å². The van der Waals surface area contributed by atoms with Gasteiger partial charge in [0, 0.05) is 6.42 Å². The van der Waals surface area contributed by atoms with Crippen LogP contribution in [-0.2, 0) is 4.79 Å². The molecule has 1 atom stereocenters. The van der Waals surface area contributed by atoms with Crippen LogP contribution in [0.2, 0.25) is 0 Å². The Morgan fingerprint density at radius 2 is 2.45 bits per heavy atom. The van der Waals surface area contributed by atoms with Crippen molar-refractivity contribution >= 4 is 6.29 Å². The number of carbonyl (C=O) groups excluding carboxylic acids is 1. The molecular weight excluding hydrogens is 140 g/mol. The number of allylic oxidation sites excluding steroid dienone is 1. The maximum atomic E-state index is 10.1. The molecule has 0 saturated heterocycles. The first-order valence-corrected chi connectivity index (χ1v) is 4.14. The maximum absolute atomic E-state index is 10.1. The number of rotatable bonds is 3. The average molecular weight is 154 g/mol. The summed E-state index contributed by atoms with van der Waals surface area (Å²) in [4.78, 5) is 10.1. The van der Waals surface area contributed by atoms with Crippen molar-refractivity contribution in [1.82, 2.24) is 0 Å². The number of hydrogen-bond acceptors (Lipinski definition) is 2. The van der Waals surface area contributed by atoms with Crippen LogP contribution in [0.3, 0.4) is 0 Å². The van der Waals surface area contributed by atoms with Gasteiger partial charge in [0.15, 0.2) is 0 Å². The van der Waals surface area contributed by atoms with E-state index in [1.54, 1.807) is 0 Å². The summed E-state index contributed by atoms with van der Waals surface area (Å²) in [5.74, 6) is 0. The van der Waals surface area contributed by atoms with Gasteiger partial charge in [-0.2, -0.15) is 0 Å². The van der Waals surface area contributed by atoms with E-state index in [1.165, 1.54) is 18.4 Å². The van der Waals surface area contributed by atoms with Crippen molar-refractivity contribution in [3.63, 3.8) is 0 Å². The van der Waals surface area contributed by atoms with Crippen LogP contribution in [0.25, 0.3) is 0 Å². The molecule has 0 radical (unpaired) electrons. The zero-order chi connectivity index (χ0) is 8.10. The van der Waals surface area contributed by atoms with Crippen molar-refractivity contribution in [2.24, 2.45) is 0 Å².